The lowest BCUT2D eigenvalue weighted by Gasteiger charge is -2.24. The topological polar surface area (TPSA) is 59.6 Å². The Labute approximate surface area is 197 Å². The maximum Gasteiger partial charge on any atom is 0.231 e. The van der Waals surface area contributed by atoms with E-state index in [-0.39, 0.29) is 12.0 Å². The van der Waals surface area contributed by atoms with Crippen LogP contribution in [0.4, 0.5) is 0 Å². The van der Waals surface area contributed by atoms with Gasteiger partial charge in [-0.05, 0) is 87.6 Å². The van der Waals surface area contributed by atoms with Crippen LogP contribution in [0.3, 0.4) is 0 Å². The quantitative estimate of drug-likeness (QED) is 0.367. The number of hydrogen-bond donors (Lipinski definition) is 2. The summed E-state index contributed by atoms with van der Waals surface area (Å²) in [6, 6.07) is 14.0. The summed E-state index contributed by atoms with van der Waals surface area (Å²) in [6.45, 7) is 13.0. The molecule has 0 unspecified atom stereocenters. The van der Waals surface area contributed by atoms with Crippen LogP contribution in [0.5, 0.6) is 11.5 Å². The molecule has 0 atom stereocenters. The monoisotopic (exact) mass is 456 g/mol. The van der Waals surface area contributed by atoms with Crippen LogP contribution in [0.15, 0.2) is 42.5 Å². The minimum atomic E-state index is -0.549. The molecule has 0 heterocycles. The molecule has 0 aliphatic heterocycles. The molecular formula is C26H36N2O3S. The molecule has 2 N–H and O–H groups in total. The van der Waals surface area contributed by atoms with Crippen LogP contribution >= 0.6 is 12.2 Å². The van der Waals surface area contributed by atoms with E-state index in [4.69, 9.17) is 21.7 Å². The first-order valence-electron chi connectivity index (χ1n) is 11.1. The van der Waals surface area contributed by atoms with Gasteiger partial charge in [0.05, 0.1) is 12.7 Å². The molecule has 2 aromatic carbocycles. The van der Waals surface area contributed by atoms with Crippen LogP contribution in [0.2, 0.25) is 0 Å². The second-order valence-corrected chi connectivity index (χ2v) is 9.46. The molecule has 2 rings (SSSR count). The van der Waals surface area contributed by atoms with Crippen LogP contribution in [-0.4, -0.2) is 23.7 Å². The van der Waals surface area contributed by atoms with Gasteiger partial charge in [0.25, 0.3) is 0 Å². The fraction of sp³-hybridized carbons (Fsp3) is 0.462. The zero-order chi connectivity index (χ0) is 23.7. The van der Waals surface area contributed by atoms with Crippen molar-refractivity contribution in [3.05, 3.63) is 59.2 Å². The highest BCUT2D eigenvalue weighted by molar-refractivity contribution is 7.80. The average Bonchev–Trinajstić information content (AvgIpc) is 2.72. The van der Waals surface area contributed by atoms with Crippen LogP contribution in [0.25, 0.3) is 0 Å². The van der Waals surface area contributed by atoms with Gasteiger partial charge in [0.1, 0.15) is 11.5 Å². The van der Waals surface area contributed by atoms with E-state index in [0.717, 1.165) is 29.0 Å². The van der Waals surface area contributed by atoms with E-state index >= 15 is 0 Å². The Hall–Kier alpha value is -2.60. The van der Waals surface area contributed by atoms with Crippen molar-refractivity contribution in [2.75, 3.05) is 6.61 Å². The third-order valence-corrected chi connectivity index (χ3v) is 5.38. The number of rotatable bonds is 10. The highest BCUT2D eigenvalue weighted by atomic mass is 32.1. The molecule has 0 bridgehead atoms. The molecule has 0 aromatic heterocycles. The zero-order valence-electron chi connectivity index (χ0n) is 20.1. The Morgan fingerprint density at radius 1 is 1.09 bits per heavy atom. The van der Waals surface area contributed by atoms with Crippen molar-refractivity contribution in [2.45, 2.75) is 67.0 Å². The van der Waals surface area contributed by atoms with Gasteiger partial charge in [-0.2, -0.15) is 0 Å². The van der Waals surface area contributed by atoms with Gasteiger partial charge in [0.2, 0.25) is 5.91 Å². The Morgan fingerprint density at radius 3 is 2.44 bits per heavy atom. The third kappa shape index (κ3) is 8.50. The first-order valence-corrected chi connectivity index (χ1v) is 11.5. The predicted molar refractivity (Wildman–Crippen MR) is 134 cm³/mol. The van der Waals surface area contributed by atoms with Gasteiger partial charge in [-0.3, -0.25) is 4.79 Å². The summed E-state index contributed by atoms with van der Waals surface area (Å²) in [7, 11) is 0. The summed E-state index contributed by atoms with van der Waals surface area (Å²) in [6.07, 6.45) is 1.62. The maximum atomic E-state index is 12.7. The Morgan fingerprint density at radius 2 is 1.78 bits per heavy atom. The lowest BCUT2D eigenvalue weighted by atomic mass is 9.87. The van der Waals surface area contributed by atoms with Crippen molar-refractivity contribution in [3.8, 4) is 11.5 Å². The molecular weight excluding hydrogens is 420 g/mol. The summed E-state index contributed by atoms with van der Waals surface area (Å²) in [5.41, 5.74) is 2.80. The first kappa shape index (κ1) is 25.7. The van der Waals surface area contributed by atoms with Crippen molar-refractivity contribution in [1.82, 2.24) is 10.6 Å². The third-order valence-electron chi connectivity index (χ3n) is 5.14. The van der Waals surface area contributed by atoms with Gasteiger partial charge < -0.3 is 20.1 Å². The molecule has 6 heteroatoms. The lowest BCUT2D eigenvalue weighted by Crippen LogP contribution is -2.45. The highest BCUT2D eigenvalue weighted by Gasteiger charge is 2.27. The zero-order valence-corrected chi connectivity index (χ0v) is 20.9. The minimum Gasteiger partial charge on any atom is -0.493 e. The average molecular weight is 457 g/mol. The molecule has 0 saturated heterocycles. The number of nitrogens with one attached hydrogen (secondary N) is 2. The van der Waals surface area contributed by atoms with E-state index in [1.807, 2.05) is 71.9 Å². The van der Waals surface area contributed by atoms with Crippen molar-refractivity contribution in [2.24, 2.45) is 5.41 Å². The first-order chi connectivity index (χ1) is 15.1. The number of carbonyl (C=O) groups is 1. The van der Waals surface area contributed by atoms with Crippen LogP contribution in [0, 0.1) is 19.3 Å². The van der Waals surface area contributed by atoms with Crippen LogP contribution < -0.4 is 20.1 Å². The van der Waals surface area contributed by atoms with Crippen molar-refractivity contribution in [1.29, 1.82) is 0 Å². The van der Waals surface area contributed by atoms with Gasteiger partial charge in [0.15, 0.2) is 5.11 Å². The fourth-order valence-corrected chi connectivity index (χ4v) is 3.29. The molecule has 5 nitrogen and oxygen atoms in total. The standard InChI is InChI=1S/C26H36N2O3S/c1-18(2)31-22-12-10-21(11-13-22)17-27-25(32)28-24(29)26(5,6)14-7-15-30-23-16-19(3)8-9-20(23)4/h8-13,16,18H,7,14-15,17H2,1-6H3,(H2,27,28,29,32). The van der Waals surface area contributed by atoms with Gasteiger partial charge in [-0.25, -0.2) is 0 Å². The molecule has 32 heavy (non-hydrogen) atoms. The molecule has 0 fully saturated rings. The maximum absolute atomic E-state index is 12.7. The van der Waals surface area contributed by atoms with E-state index in [1.54, 1.807) is 0 Å². The number of carbonyl (C=O) groups excluding carboxylic acids is 1. The summed E-state index contributed by atoms with van der Waals surface area (Å²) in [4.78, 5) is 12.7. The number of ether oxygens (including phenoxy) is 2. The van der Waals surface area contributed by atoms with Gasteiger partial charge in [-0.15, -0.1) is 0 Å². The van der Waals surface area contributed by atoms with Crippen molar-refractivity contribution >= 4 is 23.2 Å². The summed E-state index contributed by atoms with van der Waals surface area (Å²) < 4.78 is 11.6. The number of amides is 1. The van der Waals surface area contributed by atoms with Crippen molar-refractivity contribution in [3.63, 3.8) is 0 Å². The number of aryl methyl sites for hydroxylation is 2. The molecule has 1 amide bonds. The van der Waals surface area contributed by atoms with Gasteiger partial charge in [0, 0.05) is 12.0 Å². The Balaban J connectivity index is 1.73. The largest absolute Gasteiger partial charge is 0.493 e. The number of hydrogen-bond acceptors (Lipinski definition) is 4. The molecule has 0 aliphatic rings. The Kier molecular flexibility index (Phi) is 9.51. The summed E-state index contributed by atoms with van der Waals surface area (Å²) in [5.74, 6) is 1.65. The van der Waals surface area contributed by atoms with E-state index < -0.39 is 5.41 Å². The van der Waals surface area contributed by atoms with Gasteiger partial charge in [-0.1, -0.05) is 38.1 Å². The SMILES string of the molecule is Cc1ccc(C)c(OCCCC(C)(C)C(=O)NC(=S)NCc2ccc(OC(C)C)cc2)c1. The van der Waals surface area contributed by atoms with E-state index in [2.05, 4.69) is 22.8 Å². The second kappa shape index (κ2) is 11.9. The second-order valence-electron chi connectivity index (χ2n) is 9.05. The smallest absolute Gasteiger partial charge is 0.231 e. The normalized spacial score (nSPS) is 11.2. The van der Waals surface area contributed by atoms with E-state index in [0.29, 0.717) is 24.7 Å². The lowest BCUT2D eigenvalue weighted by molar-refractivity contribution is -0.128. The van der Waals surface area contributed by atoms with E-state index in [1.165, 1.54) is 5.56 Å². The predicted octanol–water partition coefficient (Wildman–Crippen LogP) is 5.47. The molecule has 174 valence electrons. The van der Waals surface area contributed by atoms with Crippen molar-refractivity contribution < 1.29 is 14.3 Å². The fourth-order valence-electron chi connectivity index (χ4n) is 3.13. The highest BCUT2D eigenvalue weighted by Crippen LogP contribution is 2.24. The molecule has 0 aliphatic carbocycles. The molecule has 2 aromatic rings. The van der Waals surface area contributed by atoms with E-state index in [9.17, 15) is 4.79 Å². The van der Waals surface area contributed by atoms with Crippen LogP contribution in [-0.2, 0) is 11.3 Å². The van der Waals surface area contributed by atoms with Crippen LogP contribution in [0.1, 0.15) is 57.2 Å². The number of benzene rings is 2. The summed E-state index contributed by atoms with van der Waals surface area (Å²) >= 11 is 5.31. The molecule has 0 radical (unpaired) electrons. The summed E-state index contributed by atoms with van der Waals surface area (Å²) in [5, 5.41) is 6.25. The number of thiocarbonyl (C=S) groups is 1. The molecule has 0 saturated carbocycles. The van der Waals surface area contributed by atoms with Gasteiger partial charge >= 0.3 is 0 Å². The minimum absolute atomic E-state index is 0.0950. The Bertz CT molecular complexity index is 908. The molecule has 0 spiro atoms.